The molecule has 1 heterocycles. The summed E-state index contributed by atoms with van der Waals surface area (Å²) in [5.41, 5.74) is 5.83. The van der Waals surface area contributed by atoms with Crippen LogP contribution in [-0.2, 0) is 4.79 Å². The van der Waals surface area contributed by atoms with Gasteiger partial charge in [-0.1, -0.05) is 6.92 Å². The van der Waals surface area contributed by atoms with Crippen LogP contribution in [0.25, 0.3) is 0 Å². The molecule has 2 N–H and O–H groups in total. The lowest BCUT2D eigenvalue weighted by Crippen LogP contribution is -2.50. The van der Waals surface area contributed by atoms with Crippen LogP contribution >= 0.6 is 0 Å². The summed E-state index contributed by atoms with van der Waals surface area (Å²) in [6, 6.07) is 0.312. The Morgan fingerprint density at radius 1 is 1.29 bits per heavy atom. The third kappa shape index (κ3) is 2.22. The molecule has 3 aliphatic rings. The highest BCUT2D eigenvalue weighted by atomic mass is 16.2. The van der Waals surface area contributed by atoms with Gasteiger partial charge in [0.2, 0.25) is 5.91 Å². The van der Waals surface area contributed by atoms with E-state index in [4.69, 9.17) is 5.73 Å². The molecule has 0 radical (unpaired) electrons. The molecule has 1 saturated heterocycles. The fraction of sp³-hybridized carbons (Fsp3) is 0.929. The summed E-state index contributed by atoms with van der Waals surface area (Å²) >= 11 is 0. The van der Waals surface area contributed by atoms with Crippen LogP contribution < -0.4 is 5.73 Å². The van der Waals surface area contributed by atoms with Gasteiger partial charge < -0.3 is 10.6 Å². The number of carbonyl (C=O) groups excluding carboxylic acids is 1. The number of nitrogens with two attached hydrogens (primary N) is 1. The SMILES string of the molecule is CC1CCN(C(=O)C2CC2C2CC2)C(CN)C1. The van der Waals surface area contributed by atoms with E-state index in [-0.39, 0.29) is 0 Å². The minimum Gasteiger partial charge on any atom is -0.338 e. The number of hydrogen-bond donors (Lipinski definition) is 1. The average Bonchev–Trinajstić information content (AvgIpc) is 3.16. The molecule has 0 bridgehead atoms. The second-order valence-electron chi connectivity index (χ2n) is 6.39. The van der Waals surface area contributed by atoms with E-state index < -0.39 is 0 Å². The van der Waals surface area contributed by atoms with Gasteiger partial charge in [0.15, 0.2) is 0 Å². The maximum atomic E-state index is 12.4. The lowest BCUT2D eigenvalue weighted by molar-refractivity contribution is -0.137. The summed E-state index contributed by atoms with van der Waals surface area (Å²) in [4.78, 5) is 14.6. The summed E-state index contributed by atoms with van der Waals surface area (Å²) in [7, 11) is 0. The van der Waals surface area contributed by atoms with Crippen molar-refractivity contribution in [3.63, 3.8) is 0 Å². The molecule has 1 aliphatic heterocycles. The van der Waals surface area contributed by atoms with Crippen molar-refractivity contribution < 1.29 is 4.79 Å². The minimum absolute atomic E-state index is 0.312. The number of rotatable bonds is 3. The van der Waals surface area contributed by atoms with Crippen molar-refractivity contribution in [3.05, 3.63) is 0 Å². The van der Waals surface area contributed by atoms with Crippen molar-refractivity contribution in [1.29, 1.82) is 0 Å². The van der Waals surface area contributed by atoms with Crippen LogP contribution in [0.15, 0.2) is 0 Å². The smallest absolute Gasteiger partial charge is 0.226 e. The Balaban J connectivity index is 1.60. The lowest BCUT2D eigenvalue weighted by atomic mass is 9.92. The highest BCUT2D eigenvalue weighted by molar-refractivity contribution is 5.82. The summed E-state index contributed by atoms with van der Waals surface area (Å²) in [6.07, 6.45) is 6.15. The average molecular weight is 236 g/mol. The van der Waals surface area contributed by atoms with Crippen LogP contribution in [0, 0.1) is 23.7 Å². The lowest BCUT2D eigenvalue weighted by Gasteiger charge is -2.38. The molecule has 3 fully saturated rings. The molecule has 3 rings (SSSR count). The molecule has 4 unspecified atom stereocenters. The molecule has 4 atom stereocenters. The first-order valence-corrected chi connectivity index (χ1v) is 7.21. The van der Waals surface area contributed by atoms with E-state index in [0.29, 0.717) is 24.4 Å². The number of likely N-dealkylation sites (tertiary alicyclic amines) is 1. The largest absolute Gasteiger partial charge is 0.338 e. The Kier molecular flexibility index (Phi) is 2.89. The zero-order valence-electron chi connectivity index (χ0n) is 10.8. The maximum absolute atomic E-state index is 12.4. The van der Waals surface area contributed by atoms with Crippen LogP contribution in [0.4, 0.5) is 0 Å². The molecule has 2 aliphatic carbocycles. The Labute approximate surface area is 104 Å². The van der Waals surface area contributed by atoms with Crippen molar-refractivity contribution in [2.45, 2.75) is 45.1 Å². The Hall–Kier alpha value is -0.570. The zero-order chi connectivity index (χ0) is 12.0. The van der Waals surface area contributed by atoms with Crippen LogP contribution in [-0.4, -0.2) is 29.9 Å². The quantitative estimate of drug-likeness (QED) is 0.809. The fourth-order valence-corrected chi connectivity index (χ4v) is 3.52. The predicted molar refractivity (Wildman–Crippen MR) is 67.3 cm³/mol. The predicted octanol–water partition coefficient (Wildman–Crippen LogP) is 1.62. The number of piperidine rings is 1. The highest BCUT2D eigenvalue weighted by Gasteiger charge is 2.52. The van der Waals surface area contributed by atoms with Crippen molar-refractivity contribution >= 4 is 5.91 Å². The first kappa shape index (κ1) is 11.5. The molecule has 0 aromatic rings. The van der Waals surface area contributed by atoms with Gasteiger partial charge in [0, 0.05) is 25.0 Å². The van der Waals surface area contributed by atoms with Crippen molar-refractivity contribution in [1.82, 2.24) is 4.90 Å². The van der Waals surface area contributed by atoms with E-state index in [1.165, 1.54) is 12.8 Å². The number of carbonyl (C=O) groups is 1. The minimum atomic E-state index is 0.312. The Morgan fingerprint density at radius 2 is 2.06 bits per heavy atom. The van der Waals surface area contributed by atoms with E-state index in [9.17, 15) is 4.79 Å². The van der Waals surface area contributed by atoms with Crippen molar-refractivity contribution in [2.75, 3.05) is 13.1 Å². The van der Waals surface area contributed by atoms with Crippen LogP contribution in [0.1, 0.15) is 39.0 Å². The molecule has 2 saturated carbocycles. The van der Waals surface area contributed by atoms with Gasteiger partial charge in [-0.3, -0.25) is 4.79 Å². The maximum Gasteiger partial charge on any atom is 0.226 e. The van der Waals surface area contributed by atoms with Crippen LogP contribution in [0.5, 0.6) is 0 Å². The van der Waals surface area contributed by atoms with Crippen LogP contribution in [0.2, 0.25) is 0 Å². The second kappa shape index (κ2) is 4.27. The highest BCUT2D eigenvalue weighted by Crippen LogP contribution is 2.55. The van der Waals surface area contributed by atoms with Gasteiger partial charge in [0.25, 0.3) is 0 Å². The topological polar surface area (TPSA) is 46.3 Å². The second-order valence-corrected chi connectivity index (χ2v) is 6.39. The number of nitrogens with zero attached hydrogens (tertiary/aromatic N) is 1. The van der Waals surface area contributed by atoms with E-state index in [1.807, 2.05) is 0 Å². The number of amides is 1. The third-order valence-corrected chi connectivity index (χ3v) is 4.92. The van der Waals surface area contributed by atoms with Gasteiger partial charge in [-0.2, -0.15) is 0 Å². The standard InChI is InChI=1S/C14H24N2O/c1-9-4-5-16(11(6-9)8-15)14(17)13-7-12(13)10-2-3-10/h9-13H,2-8,15H2,1H3. The summed E-state index contributed by atoms with van der Waals surface area (Å²) < 4.78 is 0. The third-order valence-electron chi connectivity index (χ3n) is 4.92. The molecule has 96 valence electrons. The van der Waals surface area contributed by atoms with Gasteiger partial charge in [-0.05, 0) is 49.9 Å². The summed E-state index contributed by atoms with van der Waals surface area (Å²) in [6.45, 7) is 3.85. The van der Waals surface area contributed by atoms with E-state index in [1.54, 1.807) is 0 Å². The number of hydrogen-bond acceptors (Lipinski definition) is 2. The molecule has 17 heavy (non-hydrogen) atoms. The first-order valence-electron chi connectivity index (χ1n) is 7.21. The van der Waals surface area contributed by atoms with Gasteiger partial charge >= 0.3 is 0 Å². The summed E-state index contributed by atoms with van der Waals surface area (Å²) in [5, 5.41) is 0. The van der Waals surface area contributed by atoms with Crippen LogP contribution in [0.3, 0.4) is 0 Å². The Morgan fingerprint density at radius 3 is 2.71 bits per heavy atom. The first-order chi connectivity index (χ1) is 8.20. The molecule has 1 amide bonds. The fourth-order valence-electron chi connectivity index (χ4n) is 3.52. The van der Waals surface area contributed by atoms with Gasteiger partial charge in [-0.15, -0.1) is 0 Å². The monoisotopic (exact) mass is 236 g/mol. The van der Waals surface area contributed by atoms with E-state index >= 15 is 0 Å². The molecule has 3 heteroatoms. The molecule has 0 aromatic carbocycles. The van der Waals surface area contributed by atoms with Crippen molar-refractivity contribution in [2.24, 2.45) is 29.4 Å². The molecular weight excluding hydrogens is 212 g/mol. The molecule has 0 spiro atoms. The molecule has 3 nitrogen and oxygen atoms in total. The van der Waals surface area contributed by atoms with E-state index in [0.717, 1.165) is 43.6 Å². The molecule has 0 aromatic heterocycles. The molecular formula is C14H24N2O. The Bertz CT molecular complexity index is 313. The zero-order valence-corrected chi connectivity index (χ0v) is 10.8. The van der Waals surface area contributed by atoms with Gasteiger partial charge in [0.05, 0.1) is 0 Å². The van der Waals surface area contributed by atoms with Gasteiger partial charge in [0.1, 0.15) is 0 Å². The summed E-state index contributed by atoms with van der Waals surface area (Å²) in [5.74, 6) is 3.14. The van der Waals surface area contributed by atoms with Crippen molar-refractivity contribution in [3.8, 4) is 0 Å². The van der Waals surface area contributed by atoms with E-state index in [2.05, 4.69) is 11.8 Å². The van der Waals surface area contributed by atoms with Gasteiger partial charge in [-0.25, -0.2) is 0 Å². The normalized spacial score (nSPS) is 41.4.